The van der Waals surface area contributed by atoms with Crippen LogP contribution in [0.4, 0.5) is 10.8 Å². The molecule has 2 aromatic heterocycles. The molecule has 8 nitrogen and oxygen atoms in total. The van der Waals surface area contributed by atoms with E-state index in [2.05, 4.69) is 30.2 Å². The summed E-state index contributed by atoms with van der Waals surface area (Å²) in [6.07, 6.45) is 4.23. The van der Waals surface area contributed by atoms with E-state index in [-0.39, 0.29) is 11.7 Å². The van der Waals surface area contributed by atoms with E-state index in [1.807, 2.05) is 0 Å². The van der Waals surface area contributed by atoms with E-state index in [1.165, 1.54) is 17.9 Å². The summed E-state index contributed by atoms with van der Waals surface area (Å²) >= 11 is 1.20. The molecule has 2 heterocycles. The van der Waals surface area contributed by atoms with Gasteiger partial charge in [-0.25, -0.2) is 4.98 Å². The van der Waals surface area contributed by atoms with Crippen LogP contribution in [0.3, 0.4) is 0 Å². The summed E-state index contributed by atoms with van der Waals surface area (Å²) in [7, 11) is 0. The second-order valence-electron chi connectivity index (χ2n) is 4.63. The van der Waals surface area contributed by atoms with E-state index in [4.69, 9.17) is 5.73 Å². The molecule has 5 N–H and O–H groups in total. The summed E-state index contributed by atoms with van der Waals surface area (Å²) in [6.45, 7) is 0.626. The molecule has 1 aliphatic carbocycles. The molecular weight excluding hydrogens is 278 g/mol. The van der Waals surface area contributed by atoms with Crippen LogP contribution in [0.25, 0.3) is 0 Å². The van der Waals surface area contributed by atoms with E-state index >= 15 is 0 Å². The average molecular weight is 293 g/mol. The van der Waals surface area contributed by atoms with Crippen LogP contribution >= 0.6 is 11.5 Å². The van der Waals surface area contributed by atoms with Gasteiger partial charge in [-0.2, -0.15) is 9.47 Å². The van der Waals surface area contributed by atoms with Crippen molar-refractivity contribution in [1.29, 1.82) is 0 Å². The van der Waals surface area contributed by atoms with Crippen molar-refractivity contribution in [1.82, 2.24) is 24.9 Å². The molecule has 0 saturated heterocycles. The van der Waals surface area contributed by atoms with Gasteiger partial charge in [0, 0.05) is 19.0 Å². The van der Waals surface area contributed by atoms with Crippen molar-refractivity contribution in [3.05, 3.63) is 17.7 Å². The Hall–Kier alpha value is -2.16. The first-order chi connectivity index (χ1) is 9.74. The first-order valence-electron chi connectivity index (χ1n) is 6.38. The van der Waals surface area contributed by atoms with Gasteiger partial charge in [-0.1, -0.05) is 0 Å². The van der Waals surface area contributed by atoms with E-state index in [0.29, 0.717) is 29.6 Å². The van der Waals surface area contributed by atoms with Gasteiger partial charge < -0.3 is 16.4 Å². The molecule has 1 aliphatic rings. The number of amides is 1. The van der Waals surface area contributed by atoms with Crippen LogP contribution in [-0.4, -0.2) is 38.0 Å². The minimum Gasteiger partial charge on any atom is -0.382 e. The number of nitrogens with one attached hydrogen (secondary N) is 3. The summed E-state index contributed by atoms with van der Waals surface area (Å²) in [5.74, 6) is 0.912. The maximum atomic E-state index is 12.1. The van der Waals surface area contributed by atoms with Crippen LogP contribution in [0.15, 0.2) is 6.33 Å². The molecule has 0 aliphatic heterocycles. The van der Waals surface area contributed by atoms with Gasteiger partial charge in [0.2, 0.25) is 0 Å². The number of H-pyrrole nitrogens is 1. The Bertz CT molecular complexity index is 590. The van der Waals surface area contributed by atoms with Crippen molar-refractivity contribution in [3.8, 4) is 0 Å². The van der Waals surface area contributed by atoms with Crippen molar-refractivity contribution in [2.45, 2.75) is 25.3 Å². The lowest BCUT2D eigenvalue weighted by atomic mass is 10.3. The van der Waals surface area contributed by atoms with Crippen LogP contribution in [0, 0.1) is 0 Å². The number of rotatable bonds is 6. The summed E-state index contributed by atoms with van der Waals surface area (Å²) < 4.78 is 4.04. The molecule has 0 bridgehead atoms. The van der Waals surface area contributed by atoms with Crippen LogP contribution in [-0.2, 0) is 6.42 Å². The highest BCUT2D eigenvalue weighted by Crippen LogP contribution is 2.28. The van der Waals surface area contributed by atoms with Crippen molar-refractivity contribution in [3.63, 3.8) is 0 Å². The number of hydrogen-bond donors (Lipinski definition) is 4. The van der Waals surface area contributed by atoms with Crippen molar-refractivity contribution in [2.75, 3.05) is 17.6 Å². The molecule has 20 heavy (non-hydrogen) atoms. The fourth-order valence-electron chi connectivity index (χ4n) is 1.77. The topological polar surface area (TPSA) is 122 Å². The number of anilines is 2. The van der Waals surface area contributed by atoms with Gasteiger partial charge in [-0.05, 0) is 24.4 Å². The molecule has 0 spiro atoms. The molecule has 2 aromatic rings. The Labute approximate surface area is 119 Å². The number of carbonyl (C=O) groups is 1. The standard InChI is InChI=1S/C11H15N7OS/c12-9-8(10(19)16-6-1-2-6)11(20-18-9)13-4-3-7-14-5-15-17-7/h5-6,13H,1-4H2,(H2,12,18)(H,16,19)(H,14,15,17). The summed E-state index contributed by atoms with van der Waals surface area (Å²) in [6, 6.07) is 0.295. The van der Waals surface area contributed by atoms with Crippen LogP contribution in [0.5, 0.6) is 0 Å². The summed E-state index contributed by atoms with van der Waals surface area (Å²) in [5, 5.41) is 13.4. The lowest BCUT2D eigenvalue weighted by Gasteiger charge is -2.06. The average Bonchev–Trinajstić information content (AvgIpc) is 2.95. The molecule has 106 valence electrons. The fraction of sp³-hybridized carbons (Fsp3) is 0.455. The lowest BCUT2D eigenvalue weighted by molar-refractivity contribution is 0.0953. The lowest BCUT2D eigenvalue weighted by Crippen LogP contribution is -2.26. The molecular formula is C11H15N7OS. The highest BCUT2D eigenvalue weighted by Gasteiger charge is 2.27. The van der Waals surface area contributed by atoms with E-state index in [1.54, 1.807) is 0 Å². The fourth-order valence-corrected chi connectivity index (χ4v) is 2.51. The normalized spacial score (nSPS) is 14.2. The van der Waals surface area contributed by atoms with Gasteiger partial charge in [0.15, 0.2) is 5.82 Å². The van der Waals surface area contributed by atoms with Gasteiger partial charge in [-0.15, -0.1) is 0 Å². The Balaban J connectivity index is 1.62. The Morgan fingerprint density at radius 2 is 2.40 bits per heavy atom. The summed E-state index contributed by atoms with van der Waals surface area (Å²) in [5.41, 5.74) is 6.22. The quantitative estimate of drug-likeness (QED) is 0.611. The Morgan fingerprint density at radius 3 is 3.10 bits per heavy atom. The van der Waals surface area contributed by atoms with Crippen LogP contribution in [0.1, 0.15) is 29.0 Å². The number of nitrogen functional groups attached to an aromatic ring is 1. The number of nitrogens with zero attached hydrogens (tertiary/aromatic N) is 3. The SMILES string of the molecule is Nc1nsc(NCCc2ncn[nH]2)c1C(=O)NC1CC1. The molecule has 0 unspecified atom stereocenters. The predicted octanol–water partition coefficient (Wildman–Crippen LogP) is 0.390. The number of nitrogens with two attached hydrogens (primary N) is 1. The van der Waals surface area contributed by atoms with Gasteiger partial charge in [0.1, 0.15) is 22.7 Å². The third kappa shape index (κ3) is 2.87. The molecule has 0 atom stereocenters. The number of aromatic nitrogens is 4. The number of carbonyl (C=O) groups excluding carboxylic acids is 1. The molecule has 0 radical (unpaired) electrons. The molecule has 3 rings (SSSR count). The third-order valence-electron chi connectivity index (χ3n) is 2.97. The second kappa shape index (κ2) is 5.45. The highest BCUT2D eigenvalue weighted by molar-refractivity contribution is 7.11. The monoisotopic (exact) mass is 293 g/mol. The highest BCUT2D eigenvalue weighted by atomic mass is 32.1. The number of hydrogen-bond acceptors (Lipinski definition) is 7. The van der Waals surface area contributed by atoms with Crippen LogP contribution in [0.2, 0.25) is 0 Å². The smallest absolute Gasteiger partial charge is 0.258 e. The molecule has 1 amide bonds. The first-order valence-corrected chi connectivity index (χ1v) is 7.15. The van der Waals surface area contributed by atoms with E-state index in [9.17, 15) is 4.79 Å². The molecule has 9 heteroatoms. The minimum atomic E-state index is -0.152. The Kier molecular flexibility index (Phi) is 3.50. The van der Waals surface area contributed by atoms with Gasteiger partial charge in [0.25, 0.3) is 5.91 Å². The molecule has 1 fully saturated rings. The number of aromatic amines is 1. The largest absolute Gasteiger partial charge is 0.382 e. The van der Waals surface area contributed by atoms with Crippen molar-refractivity contribution >= 4 is 28.3 Å². The third-order valence-corrected chi connectivity index (χ3v) is 3.79. The maximum Gasteiger partial charge on any atom is 0.258 e. The Morgan fingerprint density at radius 1 is 1.55 bits per heavy atom. The maximum absolute atomic E-state index is 12.1. The predicted molar refractivity (Wildman–Crippen MR) is 75.6 cm³/mol. The second-order valence-corrected chi connectivity index (χ2v) is 5.40. The van der Waals surface area contributed by atoms with Gasteiger partial charge in [0.05, 0.1) is 0 Å². The molecule has 1 saturated carbocycles. The minimum absolute atomic E-state index is 0.152. The van der Waals surface area contributed by atoms with E-state index in [0.717, 1.165) is 18.7 Å². The molecule has 0 aromatic carbocycles. The first kappa shape index (κ1) is 12.9. The van der Waals surface area contributed by atoms with Gasteiger partial charge in [-0.3, -0.25) is 9.89 Å². The zero-order chi connectivity index (χ0) is 13.9. The summed E-state index contributed by atoms with van der Waals surface area (Å²) in [4.78, 5) is 16.1. The zero-order valence-electron chi connectivity index (χ0n) is 10.7. The zero-order valence-corrected chi connectivity index (χ0v) is 11.5. The van der Waals surface area contributed by atoms with Gasteiger partial charge >= 0.3 is 0 Å². The van der Waals surface area contributed by atoms with Crippen molar-refractivity contribution < 1.29 is 4.79 Å². The van der Waals surface area contributed by atoms with E-state index < -0.39 is 0 Å². The van der Waals surface area contributed by atoms with Crippen molar-refractivity contribution in [2.24, 2.45) is 0 Å². The van der Waals surface area contributed by atoms with Crippen LogP contribution < -0.4 is 16.4 Å².